The predicted octanol–water partition coefficient (Wildman–Crippen LogP) is 4.11. The number of pyridine rings is 1. The second-order valence-corrected chi connectivity index (χ2v) is 8.32. The Bertz CT molecular complexity index is 1150. The van der Waals surface area contributed by atoms with Crippen molar-refractivity contribution in [3.63, 3.8) is 0 Å². The van der Waals surface area contributed by atoms with Crippen molar-refractivity contribution in [1.29, 1.82) is 0 Å². The molecule has 0 aromatic carbocycles. The Morgan fingerprint density at radius 1 is 1.17 bits per heavy atom. The van der Waals surface area contributed by atoms with E-state index in [1.807, 2.05) is 54.3 Å². The van der Waals surface area contributed by atoms with Gasteiger partial charge in [-0.2, -0.15) is 5.10 Å². The van der Waals surface area contributed by atoms with E-state index in [1.165, 1.54) is 5.56 Å². The zero-order chi connectivity index (χ0) is 20.0. The number of imidazole rings is 1. The first kappa shape index (κ1) is 18.1. The van der Waals surface area contributed by atoms with E-state index in [-0.39, 0.29) is 0 Å². The van der Waals surface area contributed by atoms with Gasteiger partial charge in [-0.15, -0.1) is 0 Å². The Balaban J connectivity index is 1.53. The van der Waals surface area contributed by atoms with Gasteiger partial charge in [-0.25, -0.2) is 15.0 Å². The second kappa shape index (κ2) is 7.15. The summed E-state index contributed by atoms with van der Waals surface area (Å²) in [7, 11) is 0. The minimum atomic E-state index is 0.416. The van der Waals surface area contributed by atoms with Crippen molar-refractivity contribution in [2.45, 2.75) is 26.2 Å². The lowest BCUT2D eigenvalue weighted by Gasteiger charge is -2.36. The first-order valence-electron chi connectivity index (χ1n) is 9.79. The van der Waals surface area contributed by atoms with Crippen molar-refractivity contribution in [3.05, 3.63) is 59.3 Å². The summed E-state index contributed by atoms with van der Waals surface area (Å²) < 4.78 is 1.97. The largest absolute Gasteiger partial charge is 0.340 e. The minimum Gasteiger partial charge on any atom is -0.340 e. The average molecular weight is 408 g/mol. The normalized spacial score (nSPS) is 19.8. The van der Waals surface area contributed by atoms with Crippen molar-refractivity contribution in [2.24, 2.45) is 5.92 Å². The number of anilines is 1. The van der Waals surface area contributed by atoms with Crippen molar-refractivity contribution < 1.29 is 0 Å². The van der Waals surface area contributed by atoms with Gasteiger partial charge >= 0.3 is 0 Å². The molecule has 1 N–H and O–H groups in total. The summed E-state index contributed by atoms with van der Waals surface area (Å²) in [5.41, 5.74) is 4.77. The van der Waals surface area contributed by atoms with E-state index in [9.17, 15) is 0 Å². The van der Waals surface area contributed by atoms with Gasteiger partial charge in [0.1, 0.15) is 5.65 Å². The third-order valence-corrected chi connectivity index (χ3v) is 5.73. The van der Waals surface area contributed by atoms with Gasteiger partial charge < -0.3 is 4.90 Å². The molecule has 1 fully saturated rings. The summed E-state index contributed by atoms with van der Waals surface area (Å²) in [4.78, 5) is 16.4. The number of fused-ring (bicyclic) bond motifs is 1. The van der Waals surface area contributed by atoms with E-state index < -0.39 is 0 Å². The van der Waals surface area contributed by atoms with Crippen molar-refractivity contribution in [1.82, 2.24) is 29.5 Å². The van der Waals surface area contributed by atoms with Gasteiger partial charge in [0.25, 0.3) is 0 Å². The van der Waals surface area contributed by atoms with Crippen LogP contribution in [0.15, 0.2) is 43.0 Å². The number of halogens is 1. The SMILES string of the molecule is Cc1cc(-c2cnc3ccc(Cl)cn23)nc(N2C[C@H](C)C[C@@H](c3cn[nH]c3)C2)n1. The molecule has 0 spiro atoms. The maximum Gasteiger partial charge on any atom is 0.226 e. The molecule has 1 aliphatic rings. The fourth-order valence-electron chi connectivity index (χ4n) is 4.21. The van der Waals surface area contributed by atoms with Crippen LogP contribution in [-0.2, 0) is 0 Å². The van der Waals surface area contributed by atoms with Crippen LogP contribution < -0.4 is 4.90 Å². The molecule has 0 amide bonds. The van der Waals surface area contributed by atoms with Gasteiger partial charge in [0.15, 0.2) is 0 Å². The zero-order valence-electron chi connectivity index (χ0n) is 16.4. The van der Waals surface area contributed by atoms with Crippen LogP contribution in [0, 0.1) is 12.8 Å². The molecular formula is C21H22ClN7. The van der Waals surface area contributed by atoms with E-state index in [0.717, 1.165) is 48.2 Å². The maximum atomic E-state index is 6.20. The fraction of sp³-hybridized carbons (Fsp3) is 0.333. The quantitative estimate of drug-likeness (QED) is 0.553. The Kier molecular flexibility index (Phi) is 4.47. The number of aromatic amines is 1. The van der Waals surface area contributed by atoms with Crippen LogP contribution in [0.4, 0.5) is 5.95 Å². The molecular weight excluding hydrogens is 386 g/mol. The third-order valence-electron chi connectivity index (χ3n) is 5.51. The molecule has 29 heavy (non-hydrogen) atoms. The molecule has 0 saturated carbocycles. The number of hydrogen-bond acceptors (Lipinski definition) is 5. The van der Waals surface area contributed by atoms with Crippen LogP contribution in [0.2, 0.25) is 5.02 Å². The molecule has 7 nitrogen and oxygen atoms in total. The Morgan fingerprint density at radius 2 is 2.07 bits per heavy atom. The van der Waals surface area contributed by atoms with Crippen molar-refractivity contribution in [3.8, 4) is 11.4 Å². The molecule has 8 heteroatoms. The summed E-state index contributed by atoms with van der Waals surface area (Å²) in [6.45, 7) is 6.11. The number of nitrogens with zero attached hydrogens (tertiary/aromatic N) is 6. The van der Waals surface area contributed by atoms with Gasteiger partial charge in [-0.3, -0.25) is 9.50 Å². The van der Waals surface area contributed by atoms with E-state index in [0.29, 0.717) is 16.9 Å². The number of rotatable bonds is 3. The van der Waals surface area contributed by atoms with Crippen LogP contribution in [0.3, 0.4) is 0 Å². The maximum absolute atomic E-state index is 6.20. The molecule has 1 saturated heterocycles. The molecule has 2 atom stereocenters. The predicted molar refractivity (Wildman–Crippen MR) is 113 cm³/mol. The lowest BCUT2D eigenvalue weighted by Crippen LogP contribution is -2.39. The summed E-state index contributed by atoms with van der Waals surface area (Å²) in [5.74, 6) is 1.72. The highest BCUT2D eigenvalue weighted by Crippen LogP contribution is 2.32. The van der Waals surface area contributed by atoms with Gasteiger partial charge in [0.2, 0.25) is 5.95 Å². The van der Waals surface area contributed by atoms with Crippen LogP contribution >= 0.6 is 11.6 Å². The Labute approximate surface area is 173 Å². The highest BCUT2D eigenvalue weighted by Gasteiger charge is 2.28. The van der Waals surface area contributed by atoms with E-state index in [1.54, 1.807) is 0 Å². The molecule has 148 valence electrons. The molecule has 0 bridgehead atoms. The van der Waals surface area contributed by atoms with Gasteiger partial charge in [0.05, 0.1) is 28.8 Å². The van der Waals surface area contributed by atoms with E-state index in [2.05, 4.69) is 27.0 Å². The van der Waals surface area contributed by atoms with E-state index >= 15 is 0 Å². The monoisotopic (exact) mass is 407 g/mol. The van der Waals surface area contributed by atoms with Crippen molar-refractivity contribution >= 4 is 23.2 Å². The Morgan fingerprint density at radius 3 is 2.90 bits per heavy atom. The van der Waals surface area contributed by atoms with Crippen LogP contribution in [0.5, 0.6) is 0 Å². The number of hydrogen-bond donors (Lipinski definition) is 1. The zero-order valence-corrected chi connectivity index (χ0v) is 17.1. The first-order valence-corrected chi connectivity index (χ1v) is 10.2. The third kappa shape index (κ3) is 3.46. The van der Waals surface area contributed by atoms with Gasteiger partial charge in [0, 0.05) is 37.1 Å². The lowest BCUT2D eigenvalue weighted by molar-refractivity contribution is 0.398. The second-order valence-electron chi connectivity index (χ2n) is 7.89. The highest BCUT2D eigenvalue weighted by atomic mass is 35.5. The topological polar surface area (TPSA) is 75.0 Å². The average Bonchev–Trinajstić information content (AvgIpc) is 3.37. The Hall–Kier alpha value is -2.93. The standard InChI is InChI=1S/C21H22ClN7/c1-13-5-15(16-7-24-25-8-16)11-28(10-13)21-26-14(2)6-18(27-21)19-9-23-20-4-3-17(22)12-29(19)20/h3-4,6-9,12-13,15H,5,10-11H2,1-2H3,(H,24,25)/t13-,15-/m1/s1. The van der Waals surface area contributed by atoms with Crippen LogP contribution in [0.1, 0.15) is 30.5 Å². The molecule has 4 aromatic rings. The molecule has 5 heterocycles. The number of piperidine rings is 1. The number of aryl methyl sites for hydroxylation is 1. The van der Waals surface area contributed by atoms with E-state index in [4.69, 9.17) is 21.6 Å². The van der Waals surface area contributed by atoms with Crippen LogP contribution in [-0.4, -0.2) is 42.6 Å². The summed E-state index contributed by atoms with van der Waals surface area (Å²) >= 11 is 6.20. The summed E-state index contributed by atoms with van der Waals surface area (Å²) in [6.07, 6.45) is 8.76. The molecule has 0 radical (unpaired) electrons. The molecule has 0 aliphatic carbocycles. The molecule has 0 unspecified atom stereocenters. The molecule has 5 rings (SSSR count). The summed E-state index contributed by atoms with van der Waals surface area (Å²) in [5, 5.41) is 7.72. The number of H-pyrrole nitrogens is 1. The van der Waals surface area contributed by atoms with Gasteiger partial charge in [-0.05, 0) is 43.0 Å². The fourth-order valence-corrected chi connectivity index (χ4v) is 4.37. The van der Waals surface area contributed by atoms with Gasteiger partial charge in [-0.1, -0.05) is 18.5 Å². The first-order chi connectivity index (χ1) is 14.1. The highest BCUT2D eigenvalue weighted by molar-refractivity contribution is 6.30. The number of aromatic nitrogens is 6. The smallest absolute Gasteiger partial charge is 0.226 e. The minimum absolute atomic E-state index is 0.416. The lowest BCUT2D eigenvalue weighted by atomic mass is 9.87. The molecule has 4 aromatic heterocycles. The number of nitrogens with one attached hydrogen (secondary N) is 1. The van der Waals surface area contributed by atoms with Crippen LogP contribution in [0.25, 0.3) is 17.0 Å². The summed E-state index contributed by atoms with van der Waals surface area (Å²) in [6, 6.07) is 5.74. The molecule has 1 aliphatic heterocycles. The van der Waals surface area contributed by atoms with Crippen molar-refractivity contribution in [2.75, 3.05) is 18.0 Å².